The molecule has 1 atom stereocenters. The Kier molecular flexibility index (Phi) is 10.8. The fourth-order valence-electron chi connectivity index (χ4n) is 4.43. The lowest BCUT2D eigenvalue weighted by atomic mass is 9.79. The summed E-state index contributed by atoms with van der Waals surface area (Å²) in [5.41, 5.74) is -0.165. The molecule has 0 spiro atoms. The van der Waals surface area contributed by atoms with E-state index in [0.29, 0.717) is 31.6 Å². The summed E-state index contributed by atoms with van der Waals surface area (Å²) in [5, 5.41) is 0. The SMILES string of the molecule is CCCCCC[C@@H](OC(=O)c1ccc(C(F)=C(F)C2CCC(CCC)CC2)cc1)C(F)(F)F. The standard InChI is InChI=1S/C26H35F5O2/c1-3-5-6-7-9-22(26(29,30)31)33-25(32)21-16-14-20(15-17-21)24(28)23(27)19-12-10-18(8-4-2)11-13-19/h14-19,22H,3-13H2,1-2H3/t18?,19?,22-/m1/s1. The summed E-state index contributed by atoms with van der Waals surface area (Å²) in [5.74, 6) is -2.77. The Morgan fingerprint density at radius 1 is 0.939 bits per heavy atom. The summed E-state index contributed by atoms with van der Waals surface area (Å²) < 4.78 is 73.8. The third-order valence-corrected chi connectivity index (χ3v) is 6.42. The first-order valence-electron chi connectivity index (χ1n) is 12.1. The van der Waals surface area contributed by atoms with E-state index in [1.165, 1.54) is 24.3 Å². The van der Waals surface area contributed by atoms with Crippen LogP contribution in [0.3, 0.4) is 0 Å². The summed E-state index contributed by atoms with van der Waals surface area (Å²) in [4.78, 5) is 12.2. The van der Waals surface area contributed by atoms with E-state index in [2.05, 4.69) is 6.92 Å². The minimum Gasteiger partial charge on any atom is -0.449 e. The molecule has 0 heterocycles. The van der Waals surface area contributed by atoms with E-state index in [1.807, 2.05) is 6.92 Å². The van der Waals surface area contributed by atoms with Crippen LogP contribution in [0.25, 0.3) is 5.83 Å². The molecule has 0 radical (unpaired) electrons. The average Bonchev–Trinajstić information content (AvgIpc) is 2.80. The second kappa shape index (κ2) is 13.1. The molecule has 1 aromatic carbocycles. The van der Waals surface area contributed by atoms with Gasteiger partial charge in [-0.3, -0.25) is 0 Å². The van der Waals surface area contributed by atoms with Gasteiger partial charge in [-0.25, -0.2) is 13.6 Å². The number of carbonyl (C=O) groups excluding carboxylic acids is 1. The Bertz CT molecular complexity index is 762. The van der Waals surface area contributed by atoms with E-state index in [9.17, 15) is 26.7 Å². The molecule has 1 aliphatic carbocycles. The van der Waals surface area contributed by atoms with Crippen molar-refractivity contribution >= 4 is 11.8 Å². The molecule has 0 aromatic heterocycles. The smallest absolute Gasteiger partial charge is 0.425 e. The van der Waals surface area contributed by atoms with Gasteiger partial charge in [0.25, 0.3) is 0 Å². The summed E-state index contributed by atoms with van der Waals surface area (Å²) in [6.45, 7) is 4.06. The Hall–Kier alpha value is -1.92. The number of esters is 1. The number of hydrogen-bond donors (Lipinski definition) is 0. The van der Waals surface area contributed by atoms with Crippen LogP contribution in [0.2, 0.25) is 0 Å². The molecule has 0 unspecified atom stereocenters. The average molecular weight is 475 g/mol. The number of alkyl halides is 3. The molecule has 33 heavy (non-hydrogen) atoms. The van der Waals surface area contributed by atoms with Crippen LogP contribution in [-0.4, -0.2) is 18.2 Å². The first-order valence-corrected chi connectivity index (χ1v) is 12.1. The molecule has 1 saturated carbocycles. The zero-order chi connectivity index (χ0) is 24.4. The fraction of sp³-hybridized carbons (Fsp3) is 0.654. The van der Waals surface area contributed by atoms with Gasteiger partial charge < -0.3 is 4.74 Å². The van der Waals surface area contributed by atoms with Gasteiger partial charge in [-0.05, 0) is 56.6 Å². The van der Waals surface area contributed by atoms with Gasteiger partial charge in [0.05, 0.1) is 5.56 Å². The lowest BCUT2D eigenvalue weighted by Gasteiger charge is -2.27. The fourth-order valence-corrected chi connectivity index (χ4v) is 4.43. The van der Waals surface area contributed by atoms with Crippen molar-refractivity contribution in [1.82, 2.24) is 0 Å². The van der Waals surface area contributed by atoms with Crippen molar-refractivity contribution in [2.75, 3.05) is 0 Å². The summed E-state index contributed by atoms with van der Waals surface area (Å²) in [6, 6.07) is 4.76. The van der Waals surface area contributed by atoms with E-state index < -0.39 is 35.8 Å². The van der Waals surface area contributed by atoms with Gasteiger partial charge >= 0.3 is 12.1 Å². The molecule has 0 aliphatic heterocycles. The number of hydrogen-bond acceptors (Lipinski definition) is 2. The molecule has 0 bridgehead atoms. The Labute approximate surface area is 193 Å². The van der Waals surface area contributed by atoms with Crippen LogP contribution in [-0.2, 0) is 4.74 Å². The molecule has 7 heteroatoms. The maximum absolute atomic E-state index is 14.7. The summed E-state index contributed by atoms with van der Waals surface area (Å²) in [7, 11) is 0. The highest BCUT2D eigenvalue weighted by atomic mass is 19.4. The number of ether oxygens (including phenoxy) is 1. The largest absolute Gasteiger partial charge is 0.449 e. The third-order valence-electron chi connectivity index (χ3n) is 6.42. The lowest BCUT2D eigenvalue weighted by molar-refractivity contribution is -0.206. The topological polar surface area (TPSA) is 26.3 Å². The van der Waals surface area contributed by atoms with Crippen molar-refractivity contribution in [3.05, 3.63) is 41.2 Å². The van der Waals surface area contributed by atoms with Gasteiger partial charge in [0.1, 0.15) is 5.83 Å². The van der Waals surface area contributed by atoms with E-state index in [1.54, 1.807) is 0 Å². The maximum Gasteiger partial charge on any atom is 0.425 e. The number of halogens is 5. The minimum atomic E-state index is -4.66. The van der Waals surface area contributed by atoms with E-state index in [4.69, 9.17) is 4.74 Å². The molecule has 0 saturated heterocycles. The van der Waals surface area contributed by atoms with Crippen LogP contribution in [0, 0.1) is 11.8 Å². The number of unbranched alkanes of at least 4 members (excludes halogenated alkanes) is 3. The maximum atomic E-state index is 14.7. The third kappa shape index (κ3) is 8.42. The highest BCUT2D eigenvalue weighted by molar-refractivity contribution is 5.90. The summed E-state index contributed by atoms with van der Waals surface area (Å²) in [6.07, 6.45) is 0.649. The number of rotatable bonds is 11. The second-order valence-corrected chi connectivity index (χ2v) is 9.03. The molecule has 2 rings (SSSR count). The first kappa shape index (κ1) is 27.3. The van der Waals surface area contributed by atoms with Crippen molar-refractivity contribution in [3.63, 3.8) is 0 Å². The highest BCUT2D eigenvalue weighted by Gasteiger charge is 2.42. The number of carbonyl (C=O) groups is 1. The van der Waals surface area contributed by atoms with Gasteiger partial charge in [-0.15, -0.1) is 0 Å². The van der Waals surface area contributed by atoms with Crippen LogP contribution in [0.5, 0.6) is 0 Å². The van der Waals surface area contributed by atoms with E-state index >= 15 is 0 Å². The molecule has 0 N–H and O–H groups in total. The molecule has 1 fully saturated rings. The number of benzene rings is 1. The van der Waals surface area contributed by atoms with Crippen LogP contribution < -0.4 is 0 Å². The first-order chi connectivity index (χ1) is 15.7. The van der Waals surface area contributed by atoms with Gasteiger partial charge in [0.2, 0.25) is 0 Å². The van der Waals surface area contributed by atoms with Gasteiger partial charge in [-0.1, -0.05) is 58.1 Å². The normalized spacial score (nSPS) is 20.8. The molecule has 1 aromatic rings. The van der Waals surface area contributed by atoms with Gasteiger partial charge in [0.15, 0.2) is 11.9 Å². The van der Waals surface area contributed by atoms with E-state index in [-0.39, 0.29) is 17.5 Å². The van der Waals surface area contributed by atoms with E-state index in [0.717, 1.165) is 38.5 Å². The minimum absolute atomic E-state index is 0.0355. The van der Waals surface area contributed by atoms with Crippen LogP contribution in [0.4, 0.5) is 22.0 Å². The van der Waals surface area contributed by atoms with Crippen LogP contribution in [0.15, 0.2) is 30.1 Å². The Balaban J connectivity index is 2.01. The van der Waals surface area contributed by atoms with Crippen molar-refractivity contribution < 1.29 is 31.5 Å². The van der Waals surface area contributed by atoms with Crippen LogP contribution in [0.1, 0.15) is 100 Å². The van der Waals surface area contributed by atoms with Crippen molar-refractivity contribution in [2.24, 2.45) is 11.8 Å². The molecule has 2 nitrogen and oxygen atoms in total. The lowest BCUT2D eigenvalue weighted by Crippen LogP contribution is -2.33. The molecular weight excluding hydrogens is 439 g/mol. The van der Waals surface area contributed by atoms with Crippen molar-refractivity contribution in [2.45, 2.75) is 96.8 Å². The second-order valence-electron chi connectivity index (χ2n) is 9.03. The Morgan fingerprint density at radius 2 is 1.55 bits per heavy atom. The highest BCUT2D eigenvalue weighted by Crippen LogP contribution is 2.39. The predicted molar refractivity (Wildman–Crippen MR) is 120 cm³/mol. The zero-order valence-corrected chi connectivity index (χ0v) is 19.5. The van der Waals surface area contributed by atoms with Crippen LogP contribution >= 0.6 is 0 Å². The zero-order valence-electron chi connectivity index (χ0n) is 19.5. The molecule has 186 valence electrons. The quantitative estimate of drug-likeness (QED) is 0.182. The van der Waals surface area contributed by atoms with Crippen molar-refractivity contribution in [1.29, 1.82) is 0 Å². The van der Waals surface area contributed by atoms with Crippen molar-refractivity contribution in [3.8, 4) is 0 Å². The molecule has 0 amide bonds. The summed E-state index contributed by atoms with van der Waals surface area (Å²) >= 11 is 0. The Morgan fingerprint density at radius 3 is 2.09 bits per heavy atom. The predicted octanol–water partition coefficient (Wildman–Crippen LogP) is 8.96. The monoisotopic (exact) mass is 474 g/mol. The molecule has 1 aliphatic rings. The van der Waals surface area contributed by atoms with Gasteiger partial charge in [0, 0.05) is 11.5 Å². The number of allylic oxidation sites excluding steroid dienone is 1. The van der Waals surface area contributed by atoms with Gasteiger partial charge in [-0.2, -0.15) is 13.2 Å². The molecular formula is C26H35F5O2.